The van der Waals surface area contributed by atoms with Crippen molar-refractivity contribution in [2.24, 2.45) is 0 Å². The van der Waals surface area contributed by atoms with Gasteiger partial charge in [-0.05, 0) is 42.8 Å². The van der Waals surface area contributed by atoms with Crippen molar-refractivity contribution >= 4 is 11.3 Å². The number of aryl methyl sites for hydroxylation is 1. The molecule has 3 rings (SSSR count). The standard InChI is InChI=1S/C17H12F2O2S/c1-9-6-16(12-4-2-10(20)7-14(12)18)22-17(9)13-5-3-11(21)8-15(13)19/h2-8,20-21H,1H3. The van der Waals surface area contributed by atoms with E-state index < -0.39 is 11.6 Å². The molecule has 112 valence electrons. The summed E-state index contributed by atoms with van der Waals surface area (Å²) in [5, 5.41) is 18.6. The molecular formula is C17H12F2O2S. The molecule has 3 aromatic rings. The maximum absolute atomic E-state index is 14.0. The number of thiophene rings is 1. The lowest BCUT2D eigenvalue weighted by Crippen LogP contribution is -1.82. The number of aromatic hydroxyl groups is 2. The van der Waals surface area contributed by atoms with Gasteiger partial charge in [-0.2, -0.15) is 0 Å². The van der Waals surface area contributed by atoms with Crippen LogP contribution in [0.3, 0.4) is 0 Å². The van der Waals surface area contributed by atoms with Crippen LogP contribution in [0.1, 0.15) is 5.56 Å². The fraction of sp³-hybridized carbons (Fsp3) is 0.0588. The molecule has 0 atom stereocenters. The highest BCUT2D eigenvalue weighted by atomic mass is 32.1. The third kappa shape index (κ3) is 2.55. The molecule has 2 aromatic carbocycles. The number of benzene rings is 2. The number of halogens is 2. The van der Waals surface area contributed by atoms with E-state index in [4.69, 9.17) is 0 Å². The van der Waals surface area contributed by atoms with Gasteiger partial charge < -0.3 is 10.2 Å². The number of phenolic OH excluding ortho intramolecular Hbond substituents is 2. The largest absolute Gasteiger partial charge is 0.508 e. The second-order valence-corrected chi connectivity index (χ2v) is 6.00. The topological polar surface area (TPSA) is 40.5 Å². The van der Waals surface area contributed by atoms with Crippen LogP contribution in [0, 0.1) is 18.6 Å². The number of hydrogen-bond donors (Lipinski definition) is 2. The fourth-order valence-electron chi connectivity index (χ4n) is 2.27. The minimum Gasteiger partial charge on any atom is -0.508 e. The van der Waals surface area contributed by atoms with Gasteiger partial charge in [-0.1, -0.05) is 0 Å². The molecule has 1 aromatic heterocycles. The normalized spacial score (nSPS) is 10.9. The molecule has 0 bridgehead atoms. The molecule has 0 saturated heterocycles. The zero-order valence-electron chi connectivity index (χ0n) is 11.6. The Morgan fingerprint density at radius 2 is 1.36 bits per heavy atom. The molecule has 1 heterocycles. The smallest absolute Gasteiger partial charge is 0.135 e. The molecule has 0 fully saturated rings. The lowest BCUT2D eigenvalue weighted by molar-refractivity contribution is 0.469. The summed E-state index contributed by atoms with van der Waals surface area (Å²) in [4.78, 5) is 1.33. The van der Waals surface area contributed by atoms with E-state index in [1.54, 1.807) is 6.07 Å². The molecule has 2 N–H and O–H groups in total. The molecule has 0 spiro atoms. The number of hydrogen-bond acceptors (Lipinski definition) is 3. The Morgan fingerprint density at radius 1 is 0.818 bits per heavy atom. The molecular weight excluding hydrogens is 306 g/mol. The van der Waals surface area contributed by atoms with E-state index in [0.717, 1.165) is 17.7 Å². The van der Waals surface area contributed by atoms with E-state index in [9.17, 15) is 19.0 Å². The monoisotopic (exact) mass is 318 g/mol. The van der Waals surface area contributed by atoms with Gasteiger partial charge in [0, 0.05) is 33.0 Å². The summed E-state index contributed by atoms with van der Waals surface area (Å²) in [6.07, 6.45) is 0. The third-order valence-corrected chi connectivity index (χ3v) is 4.64. The highest BCUT2D eigenvalue weighted by molar-refractivity contribution is 7.19. The minimum absolute atomic E-state index is 0.139. The average molecular weight is 318 g/mol. The fourth-order valence-corrected chi connectivity index (χ4v) is 3.50. The van der Waals surface area contributed by atoms with Crippen molar-refractivity contribution in [3.05, 3.63) is 59.7 Å². The molecule has 22 heavy (non-hydrogen) atoms. The highest BCUT2D eigenvalue weighted by Gasteiger charge is 2.15. The van der Waals surface area contributed by atoms with Crippen LogP contribution in [0.5, 0.6) is 11.5 Å². The Morgan fingerprint density at radius 3 is 1.91 bits per heavy atom. The Kier molecular flexibility index (Phi) is 3.58. The molecule has 2 nitrogen and oxygen atoms in total. The summed E-state index contributed by atoms with van der Waals surface area (Å²) in [6.45, 7) is 1.82. The Hall–Kier alpha value is -2.40. The Balaban J connectivity index is 2.11. The van der Waals surface area contributed by atoms with Gasteiger partial charge in [0.25, 0.3) is 0 Å². The third-order valence-electron chi connectivity index (χ3n) is 3.33. The summed E-state index contributed by atoms with van der Waals surface area (Å²) in [5.41, 5.74) is 1.54. The van der Waals surface area contributed by atoms with Crippen LogP contribution in [0.25, 0.3) is 20.9 Å². The van der Waals surface area contributed by atoms with Crippen LogP contribution >= 0.6 is 11.3 Å². The van der Waals surface area contributed by atoms with Crippen molar-refractivity contribution in [3.8, 4) is 32.4 Å². The summed E-state index contributed by atoms with van der Waals surface area (Å²) in [7, 11) is 0. The number of phenols is 2. The zero-order valence-corrected chi connectivity index (χ0v) is 12.4. The molecule has 5 heteroatoms. The summed E-state index contributed by atoms with van der Waals surface area (Å²) >= 11 is 1.26. The molecule has 0 aliphatic rings. The van der Waals surface area contributed by atoms with Crippen molar-refractivity contribution < 1.29 is 19.0 Å². The van der Waals surface area contributed by atoms with Crippen LogP contribution in [0.4, 0.5) is 8.78 Å². The van der Waals surface area contributed by atoms with Gasteiger partial charge in [-0.3, -0.25) is 0 Å². The van der Waals surface area contributed by atoms with Crippen molar-refractivity contribution in [2.45, 2.75) is 6.92 Å². The zero-order chi connectivity index (χ0) is 15.9. The van der Waals surface area contributed by atoms with Crippen LogP contribution < -0.4 is 0 Å². The van der Waals surface area contributed by atoms with Crippen molar-refractivity contribution in [1.82, 2.24) is 0 Å². The Bertz CT molecular complexity index is 856. The van der Waals surface area contributed by atoms with Crippen LogP contribution in [-0.2, 0) is 0 Å². The van der Waals surface area contributed by atoms with E-state index in [0.29, 0.717) is 20.9 Å². The van der Waals surface area contributed by atoms with Gasteiger partial charge in [0.2, 0.25) is 0 Å². The quantitative estimate of drug-likeness (QED) is 0.692. The SMILES string of the molecule is Cc1cc(-c2ccc(O)cc2F)sc1-c1ccc(O)cc1F. The van der Waals surface area contributed by atoms with Crippen LogP contribution in [-0.4, -0.2) is 10.2 Å². The number of rotatable bonds is 2. The average Bonchev–Trinajstić information content (AvgIpc) is 2.80. The molecule has 0 amide bonds. The van der Waals surface area contributed by atoms with Gasteiger partial charge in [0.05, 0.1) is 0 Å². The van der Waals surface area contributed by atoms with Crippen LogP contribution in [0.2, 0.25) is 0 Å². The van der Waals surface area contributed by atoms with E-state index in [2.05, 4.69) is 0 Å². The van der Waals surface area contributed by atoms with Gasteiger partial charge in [0.1, 0.15) is 23.1 Å². The molecule has 0 radical (unpaired) electrons. The molecule has 0 aliphatic heterocycles. The van der Waals surface area contributed by atoms with Crippen molar-refractivity contribution in [3.63, 3.8) is 0 Å². The first-order valence-corrected chi connectivity index (χ1v) is 7.35. The van der Waals surface area contributed by atoms with Gasteiger partial charge in [-0.25, -0.2) is 8.78 Å². The molecule has 0 unspecified atom stereocenters. The molecule has 0 saturated carbocycles. The minimum atomic E-state index is -0.529. The van der Waals surface area contributed by atoms with Crippen molar-refractivity contribution in [2.75, 3.05) is 0 Å². The van der Waals surface area contributed by atoms with E-state index in [1.165, 1.54) is 35.6 Å². The lowest BCUT2D eigenvalue weighted by Gasteiger charge is -2.03. The second-order valence-electron chi connectivity index (χ2n) is 4.95. The molecule has 0 aliphatic carbocycles. The van der Waals surface area contributed by atoms with Gasteiger partial charge >= 0.3 is 0 Å². The van der Waals surface area contributed by atoms with E-state index in [1.807, 2.05) is 6.92 Å². The van der Waals surface area contributed by atoms with Crippen LogP contribution in [0.15, 0.2) is 42.5 Å². The van der Waals surface area contributed by atoms with Gasteiger partial charge in [-0.15, -0.1) is 11.3 Å². The first kappa shape index (κ1) is 14.5. The second kappa shape index (κ2) is 5.42. The summed E-state index contributed by atoms with van der Waals surface area (Å²) < 4.78 is 28.0. The van der Waals surface area contributed by atoms with Gasteiger partial charge in [0.15, 0.2) is 0 Å². The predicted octanol–water partition coefficient (Wildman–Crippen LogP) is 5.08. The maximum Gasteiger partial charge on any atom is 0.135 e. The first-order chi connectivity index (χ1) is 10.5. The lowest BCUT2D eigenvalue weighted by atomic mass is 10.1. The highest BCUT2D eigenvalue weighted by Crippen LogP contribution is 2.40. The van der Waals surface area contributed by atoms with E-state index in [-0.39, 0.29) is 11.5 Å². The first-order valence-electron chi connectivity index (χ1n) is 6.54. The maximum atomic E-state index is 14.0. The van der Waals surface area contributed by atoms with E-state index >= 15 is 0 Å². The summed E-state index contributed by atoms with van der Waals surface area (Å²) in [5.74, 6) is -1.33. The Labute approximate surface area is 129 Å². The van der Waals surface area contributed by atoms with Crippen molar-refractivity contribution in [1.29, 1.82) is 0 Å². The summed E-state index contributed by atoms with van der Waals surface area (Å²) in [6, 6.07) is 9.70. The predicted molar refractivity (Wildman–Crippen MR) is 83.2 cm³/mol.